The summed E-state index contributed by atoms with van der Waals surface area (Å²) in [4.78, 5) is 19.4. The van der Waals surface area contributed by atoms with E-state index in [0.717, 1.165) is 0 Å². The van der Waals surface area contributed by atoms with E-state index in [0.29, 0.717) is 29.0 Å². The summed E-state index contributed by atoms with van der Waals surface area (Å²) in [7, 11) is 0. The standard InChI is InChI=1S/C21H19F5N6O/c22-14-3-4-30(11-14)20(33)28-15-1-2-17(23)18(6-15)32-8-12-5-16(7-27-19(12)29-32)31-9-13(10-31)21(24,25)26/h1-2,5-8,13-14H,3-4,9-11H2,(H,28,33)/t14-/m1/s1. The number of benzene rings is 1. The molecule has 2 aliphatic heterocycles. The summed E-state index contributed by atoms with van der Waals surface area (Å²) >= 11 is 0. The van der Waals surface area contributed by atoms with E-state index in [4.69, 9.17) is 0 Å². The molecule has 2 saturated heterocycles. The first kappa shape index (κ1) is 21.4. The molecule has 1 aromatic carbocycles. The van der Waals surface area contributed by atoms with Crippen LogP contribution in [0.3, 0.4) is 0 Å². The number of aromatic nitrogens is 3. The number of pyridine rings is 1. The number of anilines is 2. The minimum Gasteiger partial charge on any atom is -0.369 e. The third-order valence-corrected chi connectivity index (χ3v) is 5.92. The Hall–Kier alpha value is -3.44. The van der Waals surface area contributed by atoms with Crippen LogP contribution in [0.1, 0.15) is 6.42 Å². The Morgan fingerprint density at radius 2 is 1.94 bits per heavy atom. The number of nitrogens with one attached hydrogen (secondary N) is 1. The lowest BCUT2D eigenvalue weighted by atomic mass is 9.99. The van der Waals surface area contributed by atoms with Crippen molar-refractivity contribution < 1.29 is 26.7 Å². The van der Waals surface area contributed by atoms with Crippen LogP contribution >= 0.6 is 0 Å². The molecule has 174 valence electrons. The average molecular weight is 466 g/mol. The van der Waals surface area contributed by atoms with Crippen LogP contribution < -0.4 is 10.2 Å². The summed E-state index contributed by atoms with van der Waals surface area (Å²) < 4.78 is 67.4. The molecule has 1 atom stereocenters. The molecule has 12 heteroatoms. The van der Waals surface area contributed by atoms with Gasteiger partial charge in [-0.1, -0.05) is 0 Å². The Kier molecular flexibility index (Phi) is 5.09. The van der Waals surface area contributed by atoms with Crippen LogP contribution in [0.25, 0.3) is 16.7 Å². The van der Waals surface area contributed by atoms with Gasteiger partial charge in [0, 0.05) is 36.9 Å². The third-order valence-electron chi connectivity index (χ3n) is 5.92. The van der Waals surface area contributed by atoms with Gasteiger partial charge >= 0.3 is 12.2 Å². The van der Waals surface area contributed by atoms with Crippen molar-refractivity contribution in [1.82, 2.24) is 19.7 Å². The number of hydrogen-bond acceptors (Lipinski definition) is 4. The molecular formula is C21H19F5N6O. The summed E-state index contributed by atoms with van der Waals surface area (Å²) in [6.07, 6.45) is -2.03. The second-order valence-corrected chi connectivity index (χ2v) is 8.25. The molecule has 5 rings (SSSR count). The van der Waals surface area contributed by atoms with Crippen LogP contribution in [0.2, 0.25) is 0 Å². The van der Waals surface area contributed by atoms with Gasteiger partial charge in [-0.05, 0) is 30.7 Å². The van der Waals surface area contributed by atoms with E-state index in [1.807, 2.05) is 0 Å². The van der Waals surface area contributed by atoms with Gasteiger partial charge in [0.2, 0.25) is 0 Å². The Balaban J connectivity index is 1.35. The third kappa shape index (κ3) is 4.16. The number of carbonyl (C=O) groups excluding carboxylic acids is 1. The maximum absolute atomic E-state index is 14.5. The second kappa shape index (κ2) is 7.85. The molecule has 7 nitrogen and oxygen atoms in total. The normalized spacial score (nSPS) is 19.2. The van der Waals surface area contributed by atoms with E-state index in [9.17, 15) is 26.7 Å². The van der Waals surface area contributed by atoms with Crippen LogP contribution in [-0.2, 0) is 0 Å². The molecule has 1 N–H and O–H groups in total. The summed E-state index contributed by atoms with van der Waals surface area (Å²) in [6.45, 7) is 0.0439. The van der Waals surface area contributed by atoms with Crippen molar-refractivity contribution in [3.63, 3.8) is 0 Å². The van der Waals surface area contributed by atoms with Gasteiger partial charge in [0.25, 0.3) is 0 Å². The fraction of sp³-hybridized carbons (Fsp3) is 0.381. The van der Waals surface area contributed by atoms with Gasteiger partial charge < -0.3 is 15.1 Å². The number of amides is 2. The van der Waals surface area contributed by atoms with Crippen LogP contribution in [-0.4, -0.2) is 64.2 Å². The molecule has 2 aliphatic rings. The Bertz CT molecular complexity index is 1210. The number of alkyl halides is 4. The number of urea groups is 1. The van der Waals surface area contributed by atoms with Crippen molar-refractivity contribution in [1.29, 1.82) is 0 Å². The van der Waals surface area contributed by atoms with Crippen LogP contribution in [0.15, 0.2) is 36.7 Å². The number of halogens is 5. The van der Waals surface area contributed by atoms with Crippen molar-refractivity contribution in [2.75, 3.05) is 36.4 Å². The lowest BCUT2D eigenvalue weighted by Gasteiger charge is -2.41. The molecule has 0 spiro atoms. The number of likely N-dealkylation sites (tertiary alicyclic amines) is 1. The first-order valence-electron chi connectivity index (χ1n) is 10.3. The Labute approximate surface area is 184 Å². The number of fused-ring (bicyclic) bond motifs is 1. The molecule has 0 bridgehead atoms. The van der Waals surface area contributed by atoms with Gasteiger partial charge in [-0.15, -0.1) is 5.10 Å². The molecule has 2 fully saturated rings. The van der Waals surface area contributed by atoms with Gasteiger partial charge in [0.15, 0.2) is 5.65 Å². The van der Waals surface area contributed by atoms with Gasteiger partial charge in [-0.25, -0.2) is 23.2 Å². The Morgan fingerprint density at radius 3 is 2.64 bits per heavy atom. The highest BCUT2D eigenvalue weighted by Crippen LogP contribution is 2.36. The van der Waals surface area contributed by atoms with E-state index >= 15 is 0 Å². The van der Waals surface area contributed by atoms with Gasteiger partial charge in [-0.2, -0.15) is 13.2 Å². The van der Waals surface area contributed by atoms with E-state index in [1.54, 1.807) is 11.0 Å². The first-order chi connectivity index (χ1) is 15.7. The van der Waals surface area contributed by atoms with E-state index in [-0.39, 0.29) is 31.7 Å². The zero-order valence-electron chi connectivity index (χ0n) is 17.2. The molecule has 0 aliphatic carbocycles. The molecule has 4 heterocycles. The lowest BCUT2D eigenvalue weighted by molar-refractivity contribution is -0.180. The monoisotopic (exact) mass is 466 g/mol. The molecule has 33 heavy (non-hydrogen) atoms. The van der Waals surface area contributed by atoms with Crippen molar-refractivity contribution >= 4 is 28.4 Å². The Morgan fingerprint density at radius 1 is 1.15 bits per heavy atom. The van der Waals surface area contributed by atoms with Crippen molar-refractivity contribution in [3.8, 4) is 5.69 Å². The van der Waals surface area contributed by atoms with Gasteiger partial charge in [0.1, 0.15) is 17.7 Å². The number of nitrogens with zero attached hydrogens (tertiary/aromatic N) is 5. The molecule has 2 aromatic heterocycles. The van der Waals surface area contributed by atoms with Crippen molar-refractivity contribution in [2.45, 2.75) is 18.8 Å². The zero-order chi connectivity index (χ0) is 23.3. The second-order valence-electron chi connectivity index (χ2n) is 8.25. The summed E-state index contributed by atoms with van der Waals surface area (Å²) in [5, 5.41) is 7.40. The number of carbonyl (C=O) groups is 1. The van der Waals surface area contributed by atoms with Crippen LogP contribution in [0.5, 0.6) is 0 Å². The van der Waals surface area contributed by atoms with Crippen LogP contribution in [0.4, 0.5) is 38.1 Å². The molecule has 3 aromatic rings. The zero-order valence-corrected chi connectivity index (χ0v) is 17.2. The van der Waals surface area contributed by atoms with E-state index in [2.05, 4.69) is 15.4 Å². The van der Waals surface area contributed by atoms with Crippen molar-refractivity contribution in [2.24, 2.45) is 5.92 Å². The topological polar surface area (TPSA) is 66.3 Å². The van der Waals surface area contributed by atoms with E-state index < -0.39 is 30.1 Å². The van der Waals surface area contributed by atoms with Gasteiger partial charge in [0.05, 0.1) is 24.3 Å². The lowest BCUT2D eigenvalue weighted by Crippen LogP contribution is -2.53. The summed E-state index contributed by atoms with van der Waals surface area (Å²) in [6, 6.07) is 5.14. The summed E-state index contributed by atoms with van der Waals surface area (Å²) in [5.41, 5.74) is 1.19. The molecule has 0 radical (unpaired) electrons. The predicted molar refractivity (Wildman–Crippen MR) is 111 cm³/mol. The predicted octanol–water partition coefficient (Wildman–Crippen LogP) is 4.13. The highest BCUT2D eigenvalue weighted by molar-refractivity contribution is 5.90. The summed E-state index contributed by atoms with van der Waals surface area (Å²) in [5.74, 6) is -1.96. The number of rotatable bonds is 3. The smallest absolute Gasteiger partial charge is 0.369 e. The maximum atomic E-state index is 14.5. The quantitative estimate of drug-likeness (QED) is 0.590. The highest BCUT2D eigenvalue weighted by Gasteiger charge is 2.47. The highest BCUT2D eigenvalue weighted by atomic mass is 19.4. The van der Waals surface area contributed by atoms with Gasteiger partial charge in [-0.3, -0.25) is 0 Å². The maximum Gasteiger partial charge on any atom is 0.395 e. The van der Waals surface area contributed by atoms with E-state index in [1.165, 1.54) is 40.2 Å². The molecule has 0 saturated carbocycles. The van der Waals surface area contributed by atoms with Crippen molar-refractivity contribution in [3.05, 3.63) is 42.5 Å². The molecular weight excluding hydrogens is 447 g/mol. The largest absolute Gasteiger partial charge is 0.395 e. The fourth-order valence-corrected chi connectivity index (χ4v) is 3.97. The minimum atomic E-state index is -4.22. The molecule has 2 amide bonds. The minimum absolute atomic E-state index is 0.0131. The SMILES string of the molecule is O=C(Nc1ccc(F)c(-n2cc3cc(N4CC(C(F)(F)F)C4)cnc3n2)c1)N1CC[C@@H](F)C1. The molecule has 0 unspecified atom stereocenters. The number of hydrogen-bond donors (Lipinski definition) is 1. The fourth-order valence-electron chi connectivity index (χ4n) is 3.97. The van der Waals surface area contributed by atoms with Crippen LogP contribution in [0, 0.1) is 11.7 Å². The average Bonchev–Trinajstić information content (AvgIpc) is 3.33. The first-order valence-corrected chi connectivity index (χ1v) is 10.3.